The van der Waals surface area contributed by atoms with Gasteiger partial charge < -0.3 is 14.4 Å². The number of hydrogen-bond donors (Lipinski definition) is 2. The van der Waals surface area contributed by atoms with Gasteiger partial charge in [0.15, 0.2) is 11.5 Å². The molecule has 1 amide bonds. The van der Waals surface area contributed by atoms with Crippen molar-refractivity contribution in [2.24, 2.45) is 0 Å². The molecule has 1 unspecified atom stereocenters. The number of alkyl halides is 6. The van der Waals surface area contributed by atoms with Gasteiger partial charge in [0.2, 0.25) is 0 Å². The highest BCUT2D eigenvalue weighted by molar-refractivity contribution is 5.84. The summed E-state index contributed by atoms with van der Waals surface area (Å²) in [5, 5.41) is 0. The van der Waals surface area contributed by atoms with E-state index in [1.165, 1.54) is 0 Å². The van der Waals surface area contributed by atoms with Crippen molar-refractivity contribution >= 4 is 11.6 Å². The summed E-state index contributed by atoms with van der Waals surface area (Å²) in [6, 6.07) is 5.15. The molecule has 2 heterocycles. The zero-order valence-corrected chi connectivity index (χ0v) is 19.2. The van der Waals surface area contributed by atoms with Gasteiger partial charge >= 0.3 is 12.4 Å². The van der Waals surface area contributed by atoms with Crippen molar-refractivity contribution in [3.05, 3.63) is 53.1 Å². The minimum absolute atomic E-state index is 0.0230. The molecule has 1 fully saturated rings. The Kier molecular flexibility index (Phi) is 7.23. The first-order valence-electron chi connectivity index (χ1n) is 11.1. The van der Waals surface area contributed by atoms with Gasteiger partial charge in [0.1, 0.15) is 19.3 Å². The van der Waals surface area contributed by atoms with Crippen molar-refractivity contribution in [1.82, 2.24) is 15.2 Å². The number of carbonyl (C=O) groups excluding carboxylic acids is 1. The molecule has 36 heavy (non-hydrogen) atoms. The van der Waals surface area contributed by atoms with Crippen molar-refractivity contribution < 1.29 is 40.6 Å². The van der Waals surface area contributed by atoms with Gasteiger partial charge in [-0.3, -0.25) is 20.5 Å². The number of hydrazine groups is 1. The minimum atomic E-state index is -5.00. The molecule has 1 saturated heterocycles. The van der Waals surface area contributed by atoms with Crippen LogP contribution in [0.3, 0.4) is 0 Å². The molecular formula is C23H24F6N4O3. The standard InChI is InChI=1S/C23H24F6N4O3/c1-32-4-6-33(7-5-32)20(14-2-3-18-19(10-14)36-9-8-35-18)21(34)31-30-17-12-15(22(24,25)26)11-16(13-17)23(27,28)29/h2-3,10-13,20,30H,4-9H2,1H3,(H,31,34). The highest BCUT2D eigenvalue weighted by Crippen LogP contribution is 2.38. The Balaban J connectivity index is 1.59. The molecule has 7 nitrogen and oxygen atoms in total. The number of likely N-dealkylation sites (N-methyl/N-ethyl adjacent to an activating group) is 1. The van der Waals surface area contributed by atoms with Gasteiger partial charge in [-0.15, -0.1) is 0 Å². The van der Waals surface area contributed by atoms with Gasteiger partial charge in [-0.2, -0.15) is 26.3 Å². The summed E-state index contributed by atoms with van der Waals surface area (Å²) < 4.78 is 90.2. The van der Waals surface area contributed by atoms with Crippen molar-refractivity contribution in [1.29, 1.82) is 0 Å². The molecular weight excluding hydrogens is 494 g/mol. The average molecular weight is 518 g/mol. The molecule has 13 heteroatoms. The molecule has 0 aromatic heterocycles. The summed E-state index contributed by atoms with van der Waals surface area (Å²) in [5.74, 6) is 0.317. The fourth-order valence-corrected chi connectivity index (χ4v) is 4.07. The lowest BCUT2D eigenvalue weighted by Crippen LogP contribution is -2.50. The Hall–Kier alpha value is -3.19. The lowest BCUT2D eigenvalue weighted by atomic mass is 10.0. The summed E-state index contributed by atoms with van der Waals surface area (Å²) in [4.78, 5) is 17.2. The number of ether oxygens (including phenoxy) is 2. The summed E-state index contributed by atoms with van der Waals surface area (Å²) >= 11 is 0. The van der Waals surface area contributed by atoms with Crippen molar-refractivity contribution in [3.8, 4) is 11.5 Å². The predicted molar refractivity (Wildman–Crippen MR) is 117 cm³/mol. The lowest BCUT2D eigenvalue weighted by molar-refractivity contribution is -0.143. The molecule has 4 rings (SSSR count). The quantitative estimate of drug-likeness (QED) is 0.462. The largest absolute Gasteiger partial charge is 0.486 e. The predicted octanol–water partition coefficient (Wildman–Crippen LogP) is 3.93. The molecule has 2 aliphatic rings. The molecule has 2 aromatic carbocycles. The molecule has 0 bridgehead atoms. The topological polar surface area (TPSA) is 66.1 Å². The van der Waals surface area contributed by atoms with Gasteiger partial charge in [-0.25, -0.2) is 0 Å². The van der Waals surface area contributed by atoms with E-state index in [4.69, 9.17) is 9.47 Å². The number of nitrogens with zero attached hydrogens (tertiary/aromatic N) is 2. The highest BCUT2D eigenvalue weighted by atomic mass is 19.4. The molecule has 196 valence electrons. The molecule has 0 saturated carbocycles. The molecule has 2 aromatic rings. The first kappa shape index (κ1) is 25.9. The third-order valence-corrected chi connectivity index (χ3v) is 5.95. The van der Waals surface area contributed by atoms with Crippen molar-refractivity contribution in [2.75, 3.05) is 51.9 Å². The SMILES string of the molecule is CN1CCN(C(C(=O)NNc2cc(C(F)(F)F)cc(C(F)(F)F)c2)c2ccc3c(c2)OCCO3)CC1. The second kappa shape index (κ2) is 10.1. The Morgan fingerprint density at radius 1 is 0.861 bits per heavy atom. The number of amides is 1. The van der Waals surface area contributed by atoms with E-state index in [2.05, 4.69) is 15.8 Å². The summed E-state index contributed by atoms with van der Waals surface area (Å²) in [5.41, 5.74) is 1.54. The number of carbonyl (C=O) groups is 1. The van der Waals surface area contributed by atoms with Crippen LogP contribution in [0.2, 0.25) is 0 Å². The third kappa shape index (κ3) is 5.95. The molecule has 1 atom stereocenters. The smallest absolute Gasteiger partial charge is 0.416 e. The number of rotatable bonds is 5. The van der Waals surface area contributed by atoms with Crippen LogP contribution in [0.25, 0.3) is 0 Å². The van der Waals surface area contributed by atoms with E-state index < -0.39 is 41.1 Å². The highest BCUT2D eigenvalue weighted by Gasteiger charge is 2.37. The molecule has 0 aliphatic carbocycles. The average Bonchev–Trinajstić information content (AvgIpc) is 2.83. The Morgan fingerprint density at radius 3 is 2.03 bits per heavy atom. The van der Waals surface area contributed by atoms with E-state index in [1.54, 1.807) is 18.2 Å². The number of fused-ring (bicyclic) bond motifs is 1. The first-order chi connectivity index (χ1) is 16.9. The van der Waals surface area contributed by atoms with E-state index in [0.717, 1.165) is 0 Å². The number of hydrogen-bond acceptors (Lipinski definition) is 6. The first-order valence-corrected chi connectivity index (χ1v) is 11.1. The summed E-state index contributed by atoms with van der Waals surface area (Å²) in [7, 11) is 1.93. The number of anilines is 1. The molecule has 0 spiro atoms. The number of nitrogens with one attached hydrogen (secondary N) is 2. The van der Waals surface area contributed by atoms with E-state index in [1.807, 2.05) is 11.9 Å². The lowest BCUT2D eigenvalue weighted by Gasteiger charge is -2.37. The van der Waals surface area contributed by atoms with Crippen LogP contribution in [0.4, 0.5) is 32.0 Å². The number of halogens is 6. The van der Waals surface area contributed by atoms with E-state index in [-0.39, 0.29) is 6.07 Å². The van der Waals surface area contributed by atoms with Crippen LogP contribution in [-0.4, -0.2) is 62.1 Å². The number of benzene rings is 2. The monoisotopic (exact) mass is 518 g/mol. The second-order valence-electron chi connectivity index (χ2n) is 8.55. The van der Waals surface area contributed by atoms with Crippen LogP contribution in [0.5, 0.6) is 11.5 Å². The molecule has 2 aliphatic heterocycles. The Morgan fingerprint density at radius 2 is 1.44 bits per heavy atom. The van der Waals surface area contributed by atoms with Crippen molar-refractivity contribution in [3.63, 3.8) is 0 Å². The van der Waals surface area contributed by atoms with Gasteiger partial charge in [0.25, 0.3) is 5.91 Å². The Labute approximate surface area is 202 Å². The molecule has 0 radical (unpaired) electrons. The van der Waals surface area contributed by atoms with Crippen LogP contribution in [0.1, 0.15) is 22.7 Å². The van der Waals surface area contributed by atoms with E-state index in [0.29, 0.717) is 68.6 Å². The zero-order valence-electron chi connectivity index (χ0n) is 19.2. The van der Waals surface area contributed by atoms with Gasteiger partial charge in [-0.1, -0.05) is 6.07 Å². The maximum Gasteiger partial charge on any atom is 0.416 e. The normalized spacial score (nSPS) is 18.0. The van der Waals surface area contributed by atoms with Crippen LogP contribution in [0.15, 0.2) is 36.4 Å². The third-order valence-electron chi connectivity index (χ3n) is 5.95. The minimum Gasteiger partial charge on any atom is -0.486 e. The van der Waals surface area contributed by atoms with Gasteiger partial charge in [0.05, 0.1) is 16.8 Å². The number of piperazine rings is 1. The van der Waals surface area contributed by atoms with Crippen LogP contribution in [-0.2, 0) is 17.1 Å². The fourth-order valence-electron chi connectivity index (χ4n) is 4.07. The zero-order chi connectivity index (χ0) is 26.1. The van der Waals surface area contributed by atoms with Crippen molar-refractivity contribution in [2.45, 2.75) is 18.4 Å². The van der Waals surface area contributed by atoms with E-state index >= 15 is 0 Å². The van der Waals surface area contributed by atoms with Crippen LogP contribution in [0, 0.1) is 0 Å². The van der Waals surface area contributed by atoms with E-state index in [9.17, 15) is 31.1 Å². The summed E-state index contributed by atoms with van der Waals surface area (Å²) in [6.07, 6.45) is -10.0. The Bertz CT molecular complexity index is 1070. The van der Waals surface area contributed by atoms with Crippen LogP contribution < -0.4 is 20.3 Å². The summed E-state index contributed by atoms with van der Waals surface area (Å²) in [6.45, 7) is 3.10. The van der Waals surface area contributed by atoms with Crippen LogP contribution >= 0.6 is 0 Å². The maximum atomic E-state index is 13.3. The van der Waals surface area contributed by atoms with Gasteiger partial charge in [-0.05, 0) is 42.9 Å². The second-order valence-corrected chi connectivity index (χ2v) is 8.55. The fraction of sp³-hybridized carbons (Fsp3) is 0.435. The maximum absolute atomic E-state index is 13.3. The molecule has 2 N–H and O–H groups in total. The van der Waals surface area contributed by atoms with Gasteiger partial charge in [0, 0.05) is 26.2 Å².